The molecule has 0 atom stereocenters. The van der Waals surface area contributed by atoms with Crippen LogP contribution in [-0.4, -0.2) is 56.0 Å². The molecule has 39 heavy (non-hydrogen) atoms. The van der Waals surface area contributed by atoms with Gasteiger partial charge < -0.3 is 14.5 Å². The summed E-state index contributed by atoms with van der Waals surface area (Å²) in [4.78, 5) is 32.4. The van der Waals surface area contributed by atoms with Crippen molar-refractivity contribution in [2.24, 2.45) is 0 Å². The van der Waals surface area contributed by atoms with Gasteiger partial charge in [-0.1, -0.05) is 72.8 Å². The first kappa shape index (κ1) is 25.1. The molecule has 1 fully saturated rings. The Morgan fingerprint density at radius 3 is 2.28 bits per heavy atom. The Morgan fingerprint density at radius 2 is 1.49 bits per heavy atom. The van der Waals surface area contributed by atoms with Crippen molar-refractivity contribution in [3.63, 3.8) is 0 Å². The average Bonchev–Trinajstić information content (AvgIpc) is 3.10. The summed E-state index contributed by atoms with van der Waals surface area (Å²) in [5, 5.41) is 2.18. The van der Waals surface area contributed by atoms with E-state index in [1.165, 1.54) is 5.56 Å². The van der Waals surface area contributed by atoms with Gasteiger partial charge in [-0.05, 0) is 42.2 Å². The fourth-order valence-corrected chi connectivity index (χ4v) is 5.75. The maximum Gasteiger partial charge on any atom is 0.320 e. The number of rotatable bonds is 8. The topological polar surface area (TPSA) is 53.1 Å². The normalized spacial score (nSPS) is 15.5. The summed E-state index contributed by atoms with van der Waals surface area (Å²) in [5.41, 5.74) is 5.17. The second-order valence-electron chi connectivity index (χ2n) is 10.3. The number of nitrogens with zero attached hydrogens (tertiary/aromatic N) is 3. The largest absolute Gasteiger partial charge is 0.460 e. The molecule has 2 heterocycles. The van der Waals surface area contributed by atoms with Crippen molar-refractivity contribution in [3.8, 4) is 0 Å². The summed E-state index contributed by atoms with van der Waals surface area (Å²) in [7, 11) is 0. The van der Waals surface area contributed by atoms with Crippen molar-refractivity contribution in [3.05, 3.63) is 108 Å². The lowest BCUT2D eigenvalue weighted by molar-refractivity contribution is -0.146. The van der Waals surface area contributed by atoms with E-state index in [-0.39, 0.29) is 11.9 Å². The van der Waals surface area contributed by atoms with Gasteiger partial charge in [0.1, 0.15) is 6.61 Å². The third kappa shape index (κ3) is 5.38. The quantitative estimate of drug-likeness (QED) is 0.296. The zero-order chi connectivity index (χ0) is 26.6. The molecule has 0 aliphatic carbocycles. The first-order chi connectivity index (χ1) is 19.2. The second-order valence-corrected chi connectivity index (χ2v) is 10.3. The van der Waals surface area contributed by atoms with Gasteiger partial charge in [-0.3, -0.25) is 14.5 Å². The van der Waals surface area contributed by atoms with Gasteiger partial charge in [0, 0.05) is 54.7 Å². The molecule has 0 N–H and O–H groups in total. The van der Waals surface area contributed by atoms with E-state index in [0.29, 0.717) is 19.7 Å². The Hall–Kier alpha value is -4.16. The lowest BCUT2D eigenvalue weighted by atomic mass is 10.0. The summed E-state index contributed by atoms with van der Waals surface area (Å²) in [6, 6.07) is 30.5. The maximum absolute atomic E-state index is 13.4. The highest BCUT2D eigenvalue weighted by Crippen LogP contribution is 2.42. The van der Waals surface area contributed by atoms with Gasteiger partial charge in [0.15, 0.2) is 0 Å². The summed E-state index contributed by atoms with van der Waals surface area (Å²) in [6.45, 7) is 4.62. The van der Waals surface area contributed by atoms with E-state index in [4.69, 9.17) is 4.74 Å². The van der Waals surface area contributed by atoms with E-state index in [9.17, 15) is 9.59 Å². The molecule has 0 bridgehead atoms. The minimum absolute atomic E-state index is 0.0831. The number of amides is 1. The van der Waals surface area contributed by atoms with E-state index in [2.05, 4.69) is 40.1 Å². The van der Waals surface area contributed by atoms with Crippen LogP contribution in [0.4, 0.5) is 11.4 Å². The first-order valence-electron chi connectivity index (χ1n) is 13.8. The van der Waals surface area contributed by atoms with Crippen LogP contribution in [0.1, 0.15) is 27.9 Å². The summed E-state index contributed by atoms with van der Waals surface area (Å²) >= 11 is 0. The molecule has 6 nitrogen and oxygen atoms in total. The van der Waals surface area contributed by atoms with Crippen molar-refractivity contribution in [1.82, 2.24) is 4.90 Å². The molecule has 2 aliphatic rings. The van der Waals surface area contributed by atoms with Crippen LogP contribution in [0, 0.1) is 0 Å². The van der Waals surface area contributed by atoms with E-state index in [1.807, 2.05) is 65.6 Å². The van der Waals surface area contributed by atoms with Crippen molar-refractivity contribution in [2.45, 2.75) is 19.4 Å². The Balaban J connectivity index is 1.14. The van der Waals surface area contributed by atoms with Gasteiger partial charge in [0.05, 0.1) is 12.2 Å². The van der Waals surface area contributed by atoms with Gasteiger partial charge in [-0.25, -0.2) is 0 Å². The van der Waals surface area contributed by atoms with Crippen LogP contribution in [0.5, 0.6) is 0 Å². The molecule has 6 heteroatoms. The van der Waals surface area contributed by atoms with Gasteiger partial charge in [0.25, 0.3) is 5.91 Å². The Bertz CT molecular complexity index is 1470. The van der Waals surface area contributed by atoms with Gasteiger partial charge in [-0.2, -0.15) is 0 Å². The van der Waals surface area contributed by atoms with Crippen LogP contribution >= 0.6 is 0 Å². The van der Waals surface area contributed by atoms with E-state index < -0.39 is 0 Å². The third-order valence-corrected chi connectivity index (χ3v) is 7.75. The van der Waals surface area contributed by atoms with Crippen LogP contribution in [0.15, 0.2) is 91.0 Å². The lowest BCUT2D eigenvalue weighted by Crippen LogP contribution is -2.35. The predicted octanol–water partition coefficient (Wildman–Crippen LogP) is 5.30. The van der Waals surface area contributed by atoms with Crippen molar-refractivity contribution >= 4 is 34.0 Å². The van der Waals surface area contributed by atoms with Crippen LogP contribution in [0.2, 0.25) is 0 Å². The number of hydrogen-bond acceptors (Lipinski definition) is 5. The summed E-state index contributed by atoms with van der Waals surface area (Å²) in [6.07, 6.45) is 1.77. The van der Waals surface area contributed by atoms with Gasteiger partial charge in [-0.15, -0.1) is 0 Å². The molecule has 0 unspecified atom stereocenters. The molecule has 0 aromatic heterocycles. The number of carbonyl (C=O) groups is 2. The minimum Gasteiger partial charge on any atom is -0.460 e. The lowest BCUT2D eigenvalue weighted by Gasteiger charge is -2.26. The van der Waals surface area contributed by atoms with E-state index in [0.717, 1.165) is 72.3 Å². The standard InChI is InChI=1S/C33H33N3O3/c37-31(39-24-26-11-5-2-6-12-26)23-34-18-8-19-35(22-21-34)29-15-16-30-32-27(29)13-7-14-28(32)33(38)36(30)20-17-25-9-3-1-4-10-25/h1-7,9-16H,8,17-24H2. The Kier molecular flexibility index (Phi) is 7.28. The van der Waals surface area contributed by atoms with Crippen LogP contribution < -0.4 is 9.80 Å². The van der Waals surface area contributed by atoms with Gasteiger partial charge in [0.2, 0.25) is 0 Å². The molecular formula is C33H33N3O3. The molecule has 4 aromatic carbocycles. The smallest absolute Gasteiger partial charge is 0.320 e. The number of anilines is 2. The van der Waals surface area contributed by atoms with Crippen molar-refractivity contribution in [2.75, 3.05) is 49.1 Å². The molecule has 1 amide bonds. The minimum atomic E-state index is -0.188. The van der Waals surface area contributed by atoms with E-state index >= 15 is 0 Å². The number of carbonyl (C=O) groups excluding carboxylic acids is 2. The van der Waals surface area contributed by atoms with Crippen LogP contribution in [0.25, 0.3) is 10.8 Å². The fourth-order valence-electron chi connectivity index (χ4n) is 5.75. The van der Waals surface area contributed by atoms with Crippen LogP contribution in [0.3, 0.4) is 0 Å². The average molecular weight is 520 g/mol. The molecule has 0 saturated carbocycles. The molecule has 198 valence electrons. The number of benzene rings is 4. The first-order valence-corrected chi connectivity index (χ1v) is 13.8. The van der Waals surface area contributed by atoms with E-state index in [1.54, 1.807) is 0 Å². The zero-order valence-corrected chi connectivity index (χ0v) is 22.1. The monoisotopic (exact) mass is 519 g/mol. The second kappa shape index (κ2) is 11.3. The highest BCUT2D eigenvalue weighted by atomic mass is 16.5. The highest BCUT2D eigenvalue weighted by Gasteiger charge is 2.31. The molecule has 1 saturated heterocycles. The van der Waals surface area contributed by atoms with Crippen LogP contribution in [-0.2, 0) is 22.6 Å². The highest BCUT2D eigenvalue weighted by molar-refractivity contribution is 6.26. The Morgan fingerprint density at radius 1 is 0.744 bits per heavy atom. The number of ether oxygens (including phenoxy) is 1. The summed E-state index contributed by atoms with van der Waals surface area (Å²) in [5.74, 6) is -0.105. The third-order valence-electron chi connectivity index (χ3n) is 7.75. The molecule has 2 aliphatic heterocycles. The van der Waals surface area contributed by atoms with Crippen molar-refractivity contribution in [1.29, 1.82) is 0 Å². The number of hydrogen-bond donors (Lipinski definition) is 0. The Labute approximate surface area is 229 Å². The predicted molar refractivity (Wildman–Crippen MR) is 155 cm³/mol. The van der Waals surface area contributed by atoms with Gasteiger partial charge >= 0.3 is 5.97 Å². The van der Waals surface area contributed by atoms with Crippen molar-refractivity contribution < 1.29 is 14.3 Å². The summed E-state index contributed by atoms with van der Waals surface area (Å²) < 4.78 is 5.51. The molecule has 0 radical (unpaired) electrons. The number of esters is 1. The zero-order valence-electron chi connectivity index (χ0n) is 22.1. The molecular weight excluding hydrogens is 486 g/mol. The molecule has 0 spiro atoms. The molecule has 4 aromatic rings. The molecule has 6 rings (SSSR count). The fraction of sp³-hybridized carbons (Fsp3) is 0.273. The SMILES string of the molecule is O=C(CN1CCCN(c2ccc3c4c(cccc24)C(=O)N3CCc2ccccc2)CC1)OCc1ccccc1. The maximum atomic E-state index is 13.4.